The van der Waals surface area contributed by atoms with E-state index in [4.69, 9.17) is 9.84 Å². The summed E-state index contributed by atoms with van der Waals surface area (Å²) in [5.41, 5.74) is 3.10. The Morgan fingerprint density at radius 3 is 2.89 bits per heavy atom. The second-order valence-corrected chi connectivity index (χ2v) is 5.13. The number of morpholine rings is 1. The molecule has 1 atom stereocenters. The molecule has 19 heavy (non-hydrogen) atoms. The Hall–Kier alpha value is -1.23. The number of nitrogens with zero attached hydrogens (tertiary/aromatic N) is 1. The van der Waals surface area contributed by atoms with Gasteiger partial charge >= 0.3 is 0 Å². The maximum atomic E-state index is 12.2. The average molecular weight is 263 g/mol. The van der Waals surface area contributed by atoms with Gasteiger partial charge in [-0.2, -0.15) is 0 Å². The first-order chi connectivity index (χ1) is 9.10. The van der Waals surface area contributed by atoms with E-state index in [0.717, 1.165) is 17.7 Å². The molecule has 0 aromatic heterocycles. The van der Waals surface area contributed by atoms with Crippen molar-refractivity contribution in [2.45, 2.75) is 20.0 Å². The van der Waals surface area contributed by atoms with Gasteiger partial charge in [-0.3, -0.25) is 9.69 Å². The molecular formula is C15H21NO3. The number of aliphatic hydroxyl groups is 1. The second-order valence-electron chi connectivity index (χ2n) is 5.13. The summed E-state index contributed by atoms with van der Waals surface area (Å²) in [7, 11) is 0. The van der Waals surface area contributed by atoms with Crippen LogP contribution in [0.5, 0.6) is 0 Å². The van der Waals surface area contributed by atoms with Crippen molar-refractivity contribution in [2.24, 2.45) is 0 Å². The molecule has 0 saturated carbocycles. The summed E-state index contributed by atoms with van der Waals surface area (Å²) in [6, 6.07) is 5.81. The maximum absolute atomic E-state index is 12.2. The Morgan fingerprint density at radius 1 is 1.42 bits per heavy atom. The average Bonchev–Trinajstić information content (AvgIpc) is 2.42. The fourth-order valence-corrected chi connectivity index (χ4v) is 2.24. The molecule has 104 valence electrons. The van der Waals surface area contributed by atoms with Crippen molar-refractivity contribution in [2.75, 3.05) is 32.8 Å². The number of carbonyl (C=O) groups excluding carboxylic acids is 1. The largest absolute Gasteiger partial charge is 0.394 e. The van der Waals surface area contributed by atoms with E-state index in [-0.39, 0.29) is 18.5 Å². The molecule has 1 heterocycles. The van der Waals surface area contributed by atoms with Crippen LogP contribution in [0.2, 0.25) is 0 Å². The highest BCUT2D eigenvalue weighted by atomic mass is 16.5. The lowest BCUT2D eigenvalue weighted by molar-refractivity contribution is -0.0503. The van der Waals surface area contributed by atoms with Gasteiger partial charge in [0, 0.05) is 18.7 Å². The number of rotatable bonds is 4. The molecule has 1 unspecified atom stereocenters. The quantitative estimate of drug-likeness (QED) is 0.829. The van der Waals surface area contributed by atoms with Crippen LogP contribution in [-0.2, 0) is 4.74 Å². The molecule has 0 amide bonds. The van der Waals surface area contributed by atoms with Gasteiger partial charge in [-0.25, -0.2) is 0 Å². The molecule has 1 aromatic rings. The van der Waals surface area contributed by atoms with Crippen molar-refractivity contribution in [3.05, 3.63) is 34.9 Å². The third-order valence-electron chi connectivity index (χ3n) is 3.62. The number of hydrogen-bond acceptors (Lipinski definition) is 4. The molecule has 1 saturated heterocycles. The van der Waals surface area contributed by atoms with Gasteiger partial charge in [0.05, 0.1) is 25.9 Å². The van der Waals surface area contributed by atoms with Gasteiger partial charge in [-0.15, -0.1) is 0 Å². The van der Waals surface area contributed by atoms with Gasteiger partial charge in [0.15, 0.2) is 5.78 Å². The SMILES string of the molecule is Cc1ccc(C(=O)CN2CCOC(CO)C2)cc1C. The number of aliphatic hydroxyl groups excluding tert-OH is 1. The van der Waals surface area contributed by atoms with Crippen LogP contribution in [0.4, 0.5) is 0 Å². The molecule has 4 nitrogen and oxygen atoms in total. The molecule has 0 bridgehead atoms. The summed E-state index contributed by atoms with van der Waals surface area (Å²) < 4.78 is 5.38. The summed E-state index contributed by atoms with van der Waals surface area (Å²) >= 11 is 0. The first-order valence-electron chi connectivity index (χ1n) is 6.65. The highest BCUT2D eigenvalue weighted by Crippen LogP contribution is 2.12. The normalized spacial score (nSPS) is 20.5. The monoisotopic (exact) mass is 263 g/mol. The van der Waals surface area contributed by atoms with Gasteiger partial charge in [-0.1, -0.05) is 12.1 Å². The Kier molecular flexibility index (Phi) is 4.69. The van der Waals surface area contributed by atoms with E-state index in [1.807, 2.05) is 36.9 Å². The molecule has 0 spiro atoms. The fraction of sp³-hybridized carbons (Fsp3) is 0.533. The summed E-state index contributed by atoms with van der Waals surface area (Å²) in [5.74, 6) is 0.127. The number of carbonyl (C=O) groups is 1. The van der Waals surface area contributed by atoms with Crippen LogP contribution in [0, 0.1) is 13.8 Å². The first-order valence-corrected chi connectivity index (χ1v) is 6.65. The van der Waals surface area contributed by atoms with Gasteiger partial charge in [0.25, 0.3) is 0 Å². The third kappa shape index (κ3) is 3.62. The van der Waals surface area contributed by atoms with Crippen LogP contribution in [0.25, 0.3) is 0 Å². The van der Waals surface area contributed by atoms with Gasteiger partial charge < -0.3 is 9.84 Å². The molecule has 4 heteroatoms. The van der Waals surface area contributed by atoms with Crippen molar-refractivity contribution >= 4 is 5.78 Å². The van der Waals surface area contributed by atoms with Crippen LogP contribution >= 0.6 is 0 Å². The number of ether oxygens (including phenoxy) is 1. The van der Waals surface area contributed by atoms with E-state index in [2.05, 4.69) is 0 Å². The maximum Gasteiger partial charge on any atom is 0.176 e. The molecule has 1 aliphatic rings. The predicted octanol–water partition coefficient (Wildman–Crippen LogP) is 1.18. The van der Waals surface area contributed by atoms with E-state index in [9.17, 15) is 4.79 Å². The Morgan fingerprint density at radius 2 is 2.21 bits per heavy atom. The number of hydrogen-bond donors (Lipinski definition) is 1. The van der Waals surface area contributed by atoms with E-state index in [1.165, 1.54) is 5.56 Å². The van der Waals surface area contributed by atoms with Crippen molar-refractivity contribution in [1.29, 1.82) is 0 Å². The smallest absolute Gasteiger partial charge is 0.176 e. The van der Waals surface area contributed by atoms with Crippen LogP contribution < -0.4 is 0 Å². The molecule has 1 N–H and O–H groups in total. The second kappa shape index (κ2) is 6.28. The highest BCUT2D eigenvalue weighted by molar-refractivity contribution is 5.97. The topological polar surface area (TPSA) is 49.8 Å². The van der Waals surface area contributed by atoms with Crippen LogP contribution in [0.1, 0.15) is 21.5 Å². The van der Waals surface area contributed by atoms with E-state index < -0.39 is 0 Å². The number of ketones is 1. The van der Waals surface area contributed by atoms with Crippen LogP contribution in [-0.4, -0.2) is 54.7 Å². The molecule has 1 aliphatic heterocycles. The van der Waals surface area contributed by atoms with E-state index in [0.29, 0.717) is 19.7 Å². The predicted molar refractivity (Wildman–Crippen MR) is 73.5 cm³/mol. The molecule has 2 rings (SSSR count). The summed E-state index contributed by atoms with van der Waals surface area (Å²) in [5, 5.41) is 9.09. The lowest BCUT2D eigenvalue weighted by Crippen LogP contribution is -2.45. The van der Waals surface area contributed by atoms with Crippen LogP contribution in [0.3, 0.4) is 0 Å². The lowest BCUT2D eigenvalue weighted by Gasteiger charge is -2.31. The minimum atomic E-state index is -0.165. The van der Waals surface area contributed by atoms with Crippen LogP contribution in [0.15, 0.2) is 18.2 Å². The van der Waals surface area contributed by atoms with E-state index in [1.54, 1.807) is 0 Å². The minimum absolute atomic E-state index is 0.00826. The van der Waals surface area contributed by atoms with E-state index >= 15 is 0 Å². The van der Waals surface area contributed by atoms with Crippen molar-refractivity contribution in [3.8, 4) is 0 Å². The molecule has 0 aliphatic carbocycles. The first kappa shape index (κ1) is 14.2. The Balaban J connectivity index is 1.98. The van der Waals surface area contributed by atoms with Crippen molar-refractivity contribution < 1.29 is 14.6 Å². The number of Topliss-reactive ketones (excluding diaryl/α,β-unsaturated/α-hetero) is 1. The minimum Gasteiger partial charge on any atom is -0.394 e. The van der Waals surface area contributed by atoms with Crippen molar-refractivity contribution in [1.82, 2.24) is 4.90 Å². The number of aryl methyl sites for hydroxylation is 2. The summed E-state index contributed by atoms with van der Waals surface area (Å²) in [4.78, 5) is 14.3. The molecular weight excluding hydrogens is 242 g/mol. The van der Waals surface area contributed by atoms with Crippen molar-refractivity contribution in [3.63, 3.8) is 0 Å². The third-order valence-corrected chi connectivity index (χ3v) is 3.62. The highest BCUT2D eigenvalue weighted by Gasteiger charge is 2.21. The van der Waals surface area contributed by atoms with Gasteiger partial charge in [0.2, 0.25) is 0 Å². The fourth-order valence-electron chi connectivity index (χ4n) is 2.24. The standard InChI is InChI=1S/C15H21NO3/c1-11-3-4-13(7-12(11)2)15(18)9-16-5-6-19-14(8-16)10-17/h3-4,7,14,17H,5-6,8-10H2,1-2H3. The van der Waals surface area contributed by atoms with Gasteiger partial charge in [0.1, 0.15) is 0 Å². The zero-order chi connectivity index (χ0) is 13.8. The van der Waals surface area contributed by atoms with Gasteiger partial charge in [-0.05, 0) is 31.0 Å². The summed E-state index contributed by atoms with van der Waals surface area (Å²) in [6.45, 7) is 6.39. The summed E-state index contributed by atoms with van der Waals surface area (Å²) in [6.07, 6.45) is -0.165. The molecule has 1 aromatic carbocycles. The zero-order valence-corrected chi connectivity index (χ0v) is 11.6. The zero-order valence-electron chi connectivity index (χ0n) is 11.6. The molecule has 0 radical (unpaired) electrons. The number of benzene rings is 1. The lowest BCUT2D eigenvalue weighted by atomic mass is 10.0. The Labute approximate surface area is 114 Å². The Bertz CT molecular complexity index is 459. The molecule has 1 fully saturated rings.